The third-order valence-electron chi connectivity index (χ3n) is 2.85. The first-order valence-corrected chi connectivity index (χ1v) is 7.75. The molecule has 112 valence electrons. The quantitative estimate of drug-likeness (QED) is 0.862. The first-order valence-electron chi connectivity index (χ1n) is 6.81. The second-order valence-corrected chi connectivity index (χ2v) is 5.76. The van der Waals surface area contributed by atoms with E-state index in [0.717, 1.165) is 5.56 Å². The van der Waals surface area contributed by atoms with Gasteiger partial charge in [0.25, 0.3) is 5.91 Å². The highest BCUT2D eigenvalue weighted by molar-refractivity contribution is 7.07. The number of ether oxygens (including phenoxy) is 1. The van der Waals surface area contributed by atoms with Gasteiger partial charge in [-0.25, -0.2) is 0 Å². The predicted molar refractivity (Wildman–Crippen MR) is 83.8 cm³/mol. The molecule has 2 rings (SSSR count). The van der Waals surface area contributed by atoms with Crippen molar-refractivity contribution >= 4 is 17.2 Å². The lowest BCUT2D eigenvalue weighted by Gasteiger charge is -2.12. The predicted octanol–water partition coefficient (Wildman–Crippen LogP) is 3.00. The highest BCUT2D eigenvalue weighted by Crippen LogP contribution is 2.17. The molecule has 0 bridgehead atoms. The van der Waals surface area contributed by atoms with Gasteiger partial charge in [0.15, 0.2) is 0 Å². The average Bonchev–Trinajstić information content (AvgIpc) is 2.98. The molecule has 0 fully saturated rings. The van der Waals surface area contributed by atoms with Crippen molar-refractivity contribution in [3.8, 4) is 5.75 Å². The molecular weight excluding hydrogens is 286 g/mol. The summed E-state index contributed by atoms with van der Waals surface area (Å²) in [5.74, 6) is 0.439. The highest BCUT2D eigenvalue weighted by Gasteiger charge is 2.12. The summed E-state index contributed by atoms with van der Waals surface area (Å²) in [6.07, 6.45) is -0.626. The Labute approximate surface area is 128 Å². The fraction of sp³-hybridized carbons (Fsp3) is 0.312. The van der Waals surface area contributed by atoms with Crippen LogP contribution in [0.1, 0.15) is 35.9 Å². The number of carbonyl (C=O) groups is 1. The summed E-state index contributed by atoms with van der Waals surface area (Å²) in [4.78, 5) is 12.1. The van der Waals surface area contributed by atoms with Gasteiger partial charge in [0, 0.05) is 12.1 Å². The minimum absolute atomic E-state index is 0.0590. The zero-order valence-corrected chi connectivity index (χ0v) is 12.9. The monoisotopic (exact) mass is 305 g/mol. The van der Waals surface area contributed by atoms with Gasteiger partial charge < -0.3 is 15.2 Å². The van der Waals surface area contributed by atoms with Gasteiger partial charge in [-0.05, 0) is 54.4 Å². The number of carbonyl (C=O) groups excluding carboxylic acids is 1. The van der Waals surface area contributed by atoms with E-state index < -0.39 is 6.10 Å². The van der Waals surface area contributed by atoms with E-state index >= 15 is 0 Å². The summed E-state index contributed by atoms with van der Waals surface area (Å²) in [6, 6.07) is 8.86. The average molecular weight is 305 g/mol. The number of rotatable bonds is 6. The molecule has 0 radical (unpaired) electrons. The molecule has 5 heteroatoms. The molecule has 0 spiro atoms. The van der Waals surface area contributed by atoms with E-state index in [0.29, 0.717) is 11.3 Å². The van der Waals surface area contributed by atoms with E-state index in [1.807, 2.05) is 36.7 Å². The molecule has 1 unspecified atom stereocenters. The lowest BCUT2D eigenvalue weighted by molar-refractivity contribution is 0.0916. The van der Waals surface area contributed by atoms with Crippen LogP contribution in [0.2, 0.25) is 0 Å². The van der Waals surface area contributed by atoms with Gasteiger partial charge in [0.2, 0.25) is 0 Å². The van der Waals surface area contributed by atoms with Crippen molar-refractivity contribution < 1.29 is 14.6 Å². The lowest BCUT2D eigenvalue weighted by Crippen LogP contribution is -2.28. The van der Waals surface area contributed by atoms with E-state index in [1.54, 1.807) is 18.2 Å². The number of aliphatic hydroxyl groups excluding tert-OH is 1. The zero-order chi connectivity index (χ0) is 15.2. The van der Waals surface area contributed by atoms with Crippen LogP contribution in [0.3, 0.4) is 0 Å². The molecule has 0 aliphatic heterocycles. The van der Waals surface area contributed by atoms with Gasteiger partial charge in [0.1, 0.15) is 5.75 Å². The molecule has 0 aliphatic rings. The summed E-state index contributed by atoms with van der Waals surface area (Å²) < 4.78 is 5.56. The van der Waals surface area contributed by atoms with Crippen molar-refractivity contribution in [3.63, 3.8) is 0 Å². The zero-order valence-electron chi connectivity index (χ0n) is 12.1. The van der Waals surface area contributed by atoms with Crippen LogP contribution in [0.5, 0.6) is 5.75 Å². The van der Waals surface area contributed by atoms with Gasteiger partial charge in [-0.3, -0.25) is 4.79 Å². The Kier molecular flexibility index (Phi) is 5.36. The summed E-state index contributed by atoms with van der Waals surface area (Å²) in [5.41, 5.74) is 1.34. The van der Waals surface area contributed by atoms with Crippen LogP contribution >= 0.6 is 11.3 Å². The standard InChI is InChI=1S/C16H19NO3S/c1-11(2)20-14-5-3-4-12(8-14)16(19)17-9-15(18)13-6-7-21-10-13/h3-8,10-11,15,18H,9H2,1-2H3,(H,17,19). The van der Waals surface area contributed by atoms with Crippen LogP contribution in [0.15, 0.2) is 41.1 Å². The Morgan fingerprint density at radius 1 is 1.38 bits per heavy atom. The number of amides is 1. The van der Waals surface area contributed by atoms with Crippen LogP contribution in [-0.4, -0.2) is 23.7 Å². The summed E-state index contributed by atoms with van der Waals surface area (Å²) in [6.45, 7) is 4.05. The Bertz CT molecular complexity index is 581. The van der Waals surface area contributed by atoms with Gasteiger partial charge in [0.05, 0.1) is 12.2 Å². The molecule has 2 N–H and O–H groups in total. The number of hydrogen-bond donors (Lipinski definition) is 2. The first-order chi connectivity index (χ1) is 10.1. The SMILES string of the molecule is CC(C)Oc1cccc(C(=O)NCC(O)c2ccsc2)c1. The Balaban J connectivity index is 1.94. The van der Waals surface area contributed by atoms with E-state index in [-0.39, 0.29) is 18.6 Å². The molecule has 1 aromatic carbocycles. The van der Waals surface area contributed by atoms with E-state index in [1.165, 1.54) is 11.3 Å². The van der Waals surface area contributed by atoms with Gasteiger partial charge in [-0.2, -0.15) is 11.3 Å². The fourth-order valence-corrected chi connectivity index (χ4v) is 2.56. The molecule has 0 aliphatic carbocycles. The molecule has 1 amide bonds. The number of thiophene rings is 1. The van der Waals surface area contributed by atoms with Crippen LogP contribution in [0.4, 0.5) is 0 Å². The number of aliphatic hydroxyl groups is 1. The normalized spacial score (nSPS) is 12.2. The summed E-state index contributed by atoms with van der Waals surface area (Å²) in [5, 5.41) is 16.4. The maximum Gasteiger partial charge on any atom is 0.251 e. The molecule has 1 atom stereocenters. The second-order valence-electron chi connectivity index (χ2n) is 4.98. The summed E-state index contributed by atoms with van der Waals surface area (Å²) in [7, 11) is 0. The first kappa shape index (κ1) is 15.5. The van der Waals surface area contributed by atoms with Crippen molar-refractivity contribution in [1.29, 1.82) is 0 Å². The van der Waals surface area contributed by atoms with Crippen molar-refractivity contribution in [2.45, 2.75) is 26.1 Å². The number of benzene rings is 1. The van der Waals surface area contributed by atoms with E-state index in [9.17, 15) is 9.90 Å². The molecular formula is C16H19NO3S. The van der Waals surface area contributed by atoms with E-state index in [4.69, 9.17) is 4.74 Å². The molecule has 1 aromatic heterocycles. The maximum absolute atomic E-state index is 12.1. The number of hydrogen-bond acceptors (Lipinski definition) is 4. The minimum atomic E-state index is -0.685. The van der Waals surface area contributed by atoms with Crippen molar-refractivity contribution in [1.82, 2.24) is 5.32 Å². The number of nitrogens with one attached hydrogen (secondary N) is 1. The van der Waals surface area contributed by atoms with Crippen molar-refractivity contribution in [3.05, 3.63) is 52.2 Å². The Morgan fingerprint density at radius 3 is 2.86 bits per heavy atom. The molecule has 4 nitrogen and oxygen atoms in total. The topological polar surface area (TPSA) is 58.6 Å². The molecule has 2 aromatic rings. The van der Waals surface area contributed by atoms with Gasteiger partial charge >= 0.3 is 0 Å². The maximum atomic E-state index is 12.1. The smallest absolute Gasteiger partial charge is 0.251 e. The molecule has 1 heterocycles. The molecule has 0 saturated heterocycles. The fourth-order valence-electron chi connectivity index (χ4n) is 1.86. The van der Waals surface area contributed by atoms with Gasteiger partial charge in [-0.1, -0.05) is 6.07 Å². The second kappa shape index (κ2) is 7.24. The minimum Gasteiger partial charge on any atom is -0.491 e. The van der Waals surface area contributed by atoms with Crippen molar-refractivity contribution in [2.24, 2.45) is 0 Å². The molecule has 0 saturated carbocycles. The highest BCUT2D eigenvalue weighted by atomic mass is 32.1. The van der Waals surface area contributed by atoms with Crippen LogP contribution in [-0.2, 0) is 0 Å². The molecule has 21 heavy (non-hydrogen) atoms. The third kappa shape index (κ3) is 4.58. The lowest BCUT2D eigenvalue weighted by atomic mass is 10.1. The van der Waals surface area contributed by atoms with Crippen LogP contribution < -0.4 is 10.1 Å². The Hall–Kier alpha value is -1.85. The largest absolute Gasteiger partial charge is 0.491 e. The third-order valence-corrected chi connectivity index (χ3v) is 3.55. The van der Waals surface area contributed by atoms with Crippen molar-refractivity contribution in [2.75, 3.05) is 6.54 Å². The van der Waals surface area contributed by atoms with Crippen LogP contribution in [0.25, 0.3) is 0 Å². The Morgan fingerprint density at radius 2 is 2.19 bits per heavy atom. The van der Waals surface area contributed by atoms with Gasteiger partial charge in [-0.15, -0.1) is 0 Å². The summed E-state index contributed by atoms with van der Waals surface area (Å²) >= 11 is 1.52. The van der Waals surface area contributed by atoms with E-state index in [2.05, 4.69) is 5.32 Å². The van der Waals surface area contributed by atoms with Crippen LogP contribution in [0, 0.1) is 0 Å².